The van der Waals surface area contributed by atoms with E-state index < -0.39 is 11.6 Å². The van der Waals surface area contributed by atoms with Crippen LogP contribution in [0.15, 0.2) is 27.4 Å². The zero-order valence-electron chi connectivity index (χ0n) is 16.9. The zero-order valence-corrected chi connectivity index (χ0v) is 16.9. The van der Waals surface area contributed by atoms with Crippen LogP contribution in [-0.4, -0.2) is 29.4 Å². The first-order valence-corrected chi connectivity index (χ1v) is 10.3. The molecule has 2 rings (SSSR count). The molecule has 2 aromatic rings. The minimum Gasteiger partial charge on any atom is -0.504 e. The molecular formula is C22H30O7. The van der Waals surface area contributed by atoms with E-state index >= 15 is 0 Å². The van der Waals surface area contributed by atoms with E-state index in [4.69, 9.17) is 19.0 Å². The fourth-order valence-electron chi connectivity index (χ4n) is 2.99. The number of aromatic hydroxyl groups is 1. The minimum absolute atomic E-state index is 0.104. The lowest BCUT2D eigenvalue weighted by atomic mass is 10.1. The predicted molar refractivity (Wildman–Crippen MR) is 110 cm³/mol. The van der Waals surface area contributed by atoms with E-state index in [-0.39, 0.29) is 23.5 Å². The van der Waals surface area contributed by atoms with Crippen LogP contribution in [-0.2, 0) is 4.79 Å². The topological polar surface area (TPSA) is 106 Å². The molecule has 0 spiro atoms. The molecule has 7 nitrogen and oxygen atoms in total. The average molecular weight is 406 g/mol. The van der Waals surface area contributed by atoms with Gasteiger partial charge >= 0.3 is 11.6 Å². The highest BCUT2D eigenvalue weighted by molar-refractivity contribution is 5.86. The molecule has 29 heavy (non-hydrogen) atoms. The summed E-state index contributed by atoms with van der Waals surface area (Å²) in [6, 6.07) is 4.78. The van der Waals surface area contributed by atoms with Crippen LogP contribution in [0, 0.1) is 0 Å². The van der Waals surface area contributed by atoms with Gasteiger partial charge in [0.15, 0.2) is 5.75 Å². The maximum absolute atomic E-state index is 12.1. The van der Waals surface area contributed by atoms with Crippen LogP contribution >= 0.6 is 0 Å². The highest BCUT2D eigenvalue weighted by Crippen LogP contribution is 2.33. The van der Waals surface area contributed by atoms with Crippen molar-refractivity contribution in [3.05, 3.63) is 28.6 Å². The van der Waals surface area contributed by atoms with Gasteiger partial charge < -0.3 is 24.1 Å². The lowest BCUT2D eigenvalue weighted by Crippen LogP contribution is -2.08. The molecule has 1 aromatic carbocycles. The van der Waals surface area contributed by atoms with Crippen LogP contribution in [0.2, 0.25) is 0 Å². The van der Waals surface area contributed by atoms with Gasteiger partial charge in [0.25, 0.3) is 0 Å². The molecule has 0 aliphatic rings. The van der Waals surface area contributed by atoms with Crippen molar-refractivity contribution >= 4 is 16.9 Å². The molecule has 0 bridgehead atoms. The standard InChI is InChI=1S/C22H30O7/c1-2-3-4-5-6-8-14-28-21-20(25)17-15-16(11-12-18(17)29-22(21)26)27-13-9-7-10-19(23)24/h11-12,15,25H,2-10,13-14H2,1H3,(H,23,24). The summed E-state index contributed by atoms with van der Waals surface area (Å²) < 4.78 is 16.4. The Labute approximate surface area is 170 Å². The number of carboxylic acid groups (broad SMARTS) is 1. The third-order valence-corrected chi connectivity index (χ3v) is 4.61. The summed E-state index contributed by atoms with van der Waals surface area (Å²) >= 11 is 0. The molecule has 2 N–H and O–H groups in total. The molecule has 0 atom stereocenters. The summed E-state index contributed by atoms with van der Waals surface area (Å²) in [5.74, 6) is -0.758. The zero-order chi connectivity index (χ0) is 21.1. The van der Waals surface area contributed by atoms with Crippen molar-refractivity contribution in [2.45, 2.75) is 64.7 Å². The first kappa shape index (κ1) is 22.6. The average Bonchev–Trinajstić information content (AvgIpc) is 2.69. The van der Waals surface area contributed by atoms with E-state index in [0.717, 1.165) is 19.3 Å². The summed E-state index contributed by atoms with van der Waals surface area (Å²) in [6.07, 6.45) is 7.79. The van der Waals surface area contributed by atoms with E-state index in [2.05, 4.69) is 6.92 Å². The first-order valence-electron chi connectivity index (χ1n) is 10.3. The summed E-state index contributed by atoms with van der Waals surface area (Å²) in [5, 5.41) is 19.5. The molecule has 7 heteroatoms. The van der Waals surface area contributed by atoms with Crippen molar-refractivity contribution in [1.82, 2.24) is 0 Å². The van der Waals surface area contributed by atoms with Crippen molar-refractivity contribution in [2.75, 3.05) is 13.2 Å². The van der Waals surface area contributed by atoms with Crippen molar-refractivity contribution in [2.24, 2.45) is 0 Å². The van der Waals surface area contributed by atoms with Crippen molar-refractivity contribution in [1.29, 1.82) is 0 Å². The predicted octanol–water partition coefficient (Wildman–Crippen LogP) is 4.87. The second-order valence-electron chi connectivity index (χ2n) is 7.04. The molecule has 1 aromatic heterocycles. The Morgan fingerprint density at radius 3 is 2.45 bits per heavy atom. The lowest BCUT2D eigenvalue weighted by molar-refractivity contribution is -0.137. The minimum atomic E-state index is -0.829. The third kappa shape index (κ3) is 7.33. The van der Waals surface area contributed by atoms with Crippen LogP contribution < -0.4 is 15.1 Å². The van der Waals surface area contributed by atoms with Crippen LogP contribution in [0.1, 0.15) is 64.7 Å². The largest absolute Gasteiger partial charge is 0.504 e. The van der Waals surface area contributed by atoms with Crippen LogP contribution in [0.4, 0.5) is 0 Å². The Kier molecular flexibility index (Phi) is 9.34. The molecule has 0 saturated carbocycles. The molecule has 0 saturated heterocycles. The summed E-state index contributed by atoms with van der Waals surface area (Å²) in [6.45, 7) is 2.87. The smallest absolute Gasteiger partial charge is 0.383 e. The number of carbonyl (C=O) groups is 1. The number of carboxylic acids is 1. The summed E-state index contributed by atoms with van der Waals surface area (Å²) in [5.41, 5.74) is -0.457. The molecule has 1 heterocycles. The van der Waals surface area contributed by atoms with Gasteiger partial charge in [0, 0.05) is 6.42 Å². The first-order chi connectivity index (χ1) is 14.0. The van der Waals surface area contributed by atoms with Crippen LogP contribution in [0.5, 0.6) is 17.2 Å². The van der Waals surface area contributed by atoms with Gasteiger partial charge in [-0.1, -0.05) is 39.0 Å². The molecule has 0 aliphatic carbocycles. The number of hydrogen-bond donors (Lipinski definition) is 2. The molecular weight excluding hydrogens is 376 g/mol. The number of benzene rings is 1. The van der Waals surface area contributed by atoms with Gasteiger partial charge in [-0.2, -0.15) is 0 Å². The van der Waals surface area contributed by atoms with Gasteiger partial charge in [-0.25, -0.2) is 4.79 Å². The van der Waals surface area contributed by atoms with E-state index in [1.54, 1.807) is 18.2 Å². The Balaban J connectivity index is 1.96. The Hall–Kier alpha value is -2.70. The second kappa shape index (κ2) is 12.0. The molecule has 0 unspecified atom stereocenters. The van der Waals surface area contributed by atoms with E-state index in [1.165, 1.54) is 19.3 Å². The summed E-state index contributed by atoms with van der Waals surface area (Å²) in [7, 11) is 0. The highest BCUT2D eigenvalue weighted by atomic mass is 16.5. The van der Waals surface area contributed by atoms with Gasteiger partial charge in [0.05, 0.1) is 18.6 Å². The van der Waals surface area contributed by atoms with E-state index in [9.17, 15) is 14.7 Å². The van der Waals surface area contributed by atoms with Gasteiger partial charge in [-0.05, 0) is 37.5 Å². The van der Waals surface area contributed by atoms with Gasteiger partial charge in [0.1, 0.15) is 11.3 Å². The lowest BCUT2D eigenvalue weighted by Gasteiger charge is -2.10. The van der Waals surface area contributed by atoms with Crippen LogP contribution in [0.3, 0.4) is 0 Å². The number of fused-ring (bicyclic) bond motifs is 1. The Bertz CT molecular complexity index is 841. The normalized spacial score (nSPS) is 10.9. The Morgan fingerprint density at radius 2 is 1.69 bits per heavy atom. The molecule has 0 fully saturated rings. The van der Waals surface area contributed by atoms with Crippen molar-refractivity contribution in [3.63, 3.8) is 0 Å². The third-order valence-electron chi connectivity index (χ3n) is 4.61. The van der Waals surface area contributed by atoms with Gasteiger partial charge in [-0.15, -0.1) is 0 Å². The number of aliphatic carboxylic acids is 1. The monoisotopic (exact) mass is 406 g/mol. The quantitative estimate of drug-likeness (QED) is 0.340. The maximum Gasteiger partial charge on any atom is 0.383 e. The van der Waals surface area contributed by atoms with Crippen molar-refractivity contribution in [3.8, 4) is 17.2 Å². The number of hydrogen-bond acceptors (Lipinski definition) is 6. The van der Waals surface area contributed by atoms with Crippen LogP contribution in [0.25, 0.3) is 11.0 Å². The summed E-state index contributed by atoms with van der Waals surface area (Å²) in [4.78, 5) is 22.6. The molecule has 160 valence electrons. The number of ether oxygens (including phenoxy) is 2. The van der Waals surface area contributed by atoms with E-state index in [1.807, 2.05) is 0 Å². The SMILES string of the molecule is CCCCCCCCOc1c(O)c2cc(OCCCCC(=O)O)ccc2oc1=O. The van der Waals surface area contributed by atoms with Gasteiger partial charge in [-0.3, -0.25) is 4.79 Å². The number of rotatable bonds is 14. The fraction of sp³-hybridized carbons (Fsp3) is 0.545. The second-order valence-corrected chi connectivity index (χ2v) is 7.04. The highest BCUT2D eigenvalue weighted by Gasteiger charge is 2.16. The van der Waals surface area contributed by atoms with E-state index in [0.29, 0.717) is 37.2 Å². The van der Waals surface area contributed by atoms with Gasteiger partial charge in [0.2, 0.25) is 5.75 Å². The fourth-order valence-corrected chi connectivity index (χ4v) is 2.99. The number of unbranched alkanes of at least 4 members (excludes halogenated alkanes) is 6. The van der Waals surface area contributed by atoms with Crippen molar-refractivity contribution < 1.29 is 28.9 Å². The molecule has 0 aliphatic heterocycles. The molecule has 0 radical (unpaired) electrons. The molecule has 0 amide bonds. The maximum atomic E-state index is 12.1. The Morgan fingerprint density at radius 1 is 1.00 bits per heavy atom.